The maximum Gasteiger partial charge on any atom is 0.348 e. The van der Waals surface area contributed by atoms with Gasteiger partial charge in [0.05, 0.1) is 6.61 Å². The standard InChI is InChI=1S/C15H13FO4S/c1-2-19-14(17)9-20-15(18)13-8-7-12(21-13)10-3-5-11(16)6-4-10/h3-8H,2,9H2,1H3. The third-order valence-electron chi connectivity index (χ3n) is 2.56. The van der Waals surface area contributed by atoms with Crippen LogP contribution in [0.5, 0.6) is 0 Å². The highest BCUT2D eigenvalue weighted by Crippen LogP contribution is 2.28. The number of thiophene rings is 1. The van der Waals surface area contributed by atoms with Gasteiger partial charge in [-0.3, -0.25) is 0 Å². The molecule has 0 unspecified atom stereocenters. The van der Waals surface area contributed by atoms with Crippen LogP contribution in [0.2, 0.25) is 0 Å². The Morgan fingerprint density at radius 3 is 2.48 bits per heavy atom. The zero-order valence-electron chi connectivity index (χ0n) is 11.3. The molecule has 1 aromatic heterocycles. The van der Waals surface area contributed by atoms with Crippen LogP contribution in [0, 0.1) is 5.82 Å². The van der Waals surface area contributed by atoms with Crippen LogP contribution in [0.25, 0.3) is 10.4 Å². The van der Waals surface area contributed by atoms with E-state index in [1.165, 1.54) is 23.5 Å². The van der Waals surface area contributed by atoms with E-state index in [4.69, 9.17) is 4.74 Å². The summed E-state index contributed by atoms with van der Waals surface area (Å²) in [5.74, 6) is -1.48. The van der Waals surface area contributed by atoms with Gasteiger partial charge in [-0.25, -0.2) is 14.0 Å². The van der Waals surface area contributed by atoms with Crippen molar-refractivity contribution < 1.29 is 23.5 Å². The van der Waals surface area contributed by atoms with Gasteiger partial charge in [-0.15, -0.1) is 11.3 Å². The zero-order valence-corrected chi connectivity index (χ0v) is 12.1. The second-order valence-electron chi connectivity index (χ2n) is 4.05. The van der Waals surface area contributed by atoms with Crippen molar-refractivity contribution in [3.8, 4) is 10.4 Å². The van der Waals surface area contributed by atoms with Gasteiger partial charge in [0.25, 0.3) is 0 Å². The minimum Gasteiger partial charge on any atom is -0.463 e. The number of benzene rings is 1. The van der Waals surface area contributed by atoms with Crippen molar-refractivity contribution in [1.82, 2.24) is 0 Å². The second kappa shape index (κ2) is 6.99. The predicted molar refractivity (Wildman–Crippen MR) is 76.6 cm³/mol. The Morgan fingerprint density at radius 2 is 1.81 bits per heavy atom. The zero-order chi connectivity index (χ0) is 15.2. The van der Waals surface area contributed by atoms with Crippen LogP contribution in [-0.4, -0.2) is 25.2 Å². The Morgan fingerprint density at radius 1 is 1.10 bits per heavy atom. The fourth-order valence-electron chi connectivity index (χ4n) is 1.62. The number of rotatable bonds is 5. The highest BCUT2D eigenvalue weighted by atomic mass is 32.1. The number of ether oxygens (including phenoxy) is 2. The first-order valence-corrected chi connectivity index (χ1v) is 7.10. The summed E-state index contributed by atoms with van der Waals surface area (Å²) in [6.45, 7) is 1.51. The minimum absolute atomic E-state index is 0.240. The Bertz CT molecular complexity index is 633. The molecule has 0 saturated heterocycles. The van der Waals surface area contributed by atoms with Gasteiger partial charge in [-0.1, -0.05) is 12.1 Å². The molecule has 4 nitrogen and oxygen atoms in total. The first kappa shape index (κ1) is 15.2. The molecule has 0 bridgehead atoms. The van der Waals surface area contributed by atoms with Gasteiger partial charge in [0.15, 0.2) is 6.61 Å². The molecule has 0 aliphatic carbocycles. The van der Waals surface area contributed by atoms with Crippen LogP contribution in [-0.2, 0) is 14.3 Å². The largest absolute Gasteiger partial charge is 0.463 e. The topological polar surface area (TPSA) is 52.6 Å². The fraction of sp³-hybridized carbons (Fsp3) is 0.200. The highest BCUT2D eigenvalue weighted by Gasteiger charge is 2.14. The van der Waals surface area contributed by atoms with Crippen molar-refractivity contribution >= 4 is 23.3 Å². The Hall–Kier alpha value is -2.21. The lowest BCUT2D eigenvalue weighted by Gasteiger charge is -2.02. The van der Waals surface area contributed by atoms with Crippen LogP contribution < -0.4 is 0 Å². The van der Waals surface area contributed by atoms with E-state index in [0.717, 1.165) is 10.4 Å². The quantitative estimate of drug-likeness (QED) is 0.796. The molecular weight excluding hydrogens is 295 g/mol. The first-order chi connectivity index (χ1) is 10.1. The van der Waals surface area contributed by atoms with Crippen LogP contribution in [0.1, 0.15) is 16.6 Å². The molecule has 1 heterocycles. The molecule has 0 atom stereocenters. The summed E-state index contributed by atoms with van der Waals surface area (Å²) in [7, 11) is 0. The van der Waals surface area contributed by atoms with E-state index >= 15 is 0 Å². The molecule has 0 fully saturated rings. The number of esters is 2. The Balaban J connectivity index is 2.00. The molecule has 0 aliphatic rings. The summed E-state index contributed by atoms with van der Waals surface area (Å²) in [5, 5.41) is 0. The van der Waals surface area contributed by atoms with Crippen molar-refractivity contribution in [2.24, 2.45) is 0 Å². The molecule has 6 heteroatoms. The fourth-order valence-corrected chi connectivity index (χ4v) is 2.52. The minimum atomic E-state index is -0.582. The number of hydrogen-bond acceptors (Lipinski definition) is 5. The molecule has 0 radical (unpaired) electrons. The lowest BCUT2D eigenvalue weighted by molar-refractivity contribution is -0.146. The third kappa shape index (κ3) is 4.13. The molecule has 0 aliphatic heterocycles. The average molecular weight is 308 g/mol. The van der Waals surface area contributed by atoms with Crippen LogP contribution in [0.3, 0.4) is 0 Å². The van der Waals surface area contributed by atoms with Gasteiger partial charge < -0.3 is 9.47 Å². The van der Waals surface area contributed by atoms with Crippen molar-refractivity contribution in [2.45, 2.75) is 6.92 Å². The molecule has 2 rings (SSSR count). The van der Waals surface area contributed by atoms with Gasteiger partial charge in [0.2, 0.25) is 0 Å². The van der Waals surface area contributed by atoms with Gasteiger partial charge >= 0.3 is 11.9 Å². The van der Waals surface area contributed by atoms with E-state index in [2.05, 4.69) is 4.74 Å². The lowest BCUT2D eigenvalue weighted by atomic mass is 10.2. The summed E-state index contributed by atoms with van der Waals surface area (Å²) in [6, 6.07) is 9.33. The number of carbonyl (C=O) groups excluding carboxylic acids is 2. The number of carbonyl (C=O) groups is 2. The number of hydrogen-bond donors (Lipinski definition) is 0. The van der Waals surface area contributed by atoms with E-state index < -0.39 is 18.5 Å². The van der Waals surface area contributed by atoms with Crippen molar-refractivity contribution in [1.29, 1.82) is 0 Å². The molecule has 1 aromatic carbocycles. The molecular formula is C15H13FO4S. The van der Waals surface area contributed by atoms with Crippen LogP contribution in [0.4, 0.5) is 4.39 Å². The SMILES string of the molecule is CCOC(=O)COC(=O)c1ccc(-c2ccc(F)cc2)s1. The Kier molecular flexibility index (Phi) is 5.05. The summed E-state index contributed by atoms with van der Waals surface area (Å²) in [6.07, 6.45) is 0. The van der Waals surface area contributed by atoms with Gasteiger partial charge in [0.1, 0.15) is 10.7 Å². The molecule has 110 valence electrons. The monoisotopic (exact) mass is 308 g/mol. The average Bonchev–Trinajstić information content (AvgIpc) is 2.96. The highest BCUT2D eigenvalue weighted by molar-refractivity contribution is 7.17. The molecule has 0 spiro atoms. The predicted octanol–water partition coefficient (Wildman–Crippen LogP) is 3.27. The first-order valence-electron chi connectivity index (χ1n) is 6.28. The molecule has 21 heavy (non-hydrogen) atoms. The van der Waals surface area contributed by atoms with Gasteiger partial charge in [-0.2, -0.15) is 0 Å². The van der Waals surface area contributed by atoms with Crippen LogP contribution in [0.15, 0.2) is 36.4 Å². The van der Waals surface area contributed by atoms with Crippen molar-refractivity contribution in [3.05, 3.63) is 47.1 Å². The molecule has 0 N–H and O–H groups in total. The lowest BCUT2D eigenvalue weighted by Crippen LogP contribution is -2.15. The third-order valence-corrected chi connectivity index (χ3v) is 3.68. The summed E-state index contributed by atoms with van der Waals surface area (Å²) in [5.41, 5.74) is 0.811. The van der Waals surface area contributed by atoms with Gasteiger partial charge in [-0.05, 0) is 36.8 Å². The van der Waals surface area contributed by atoms with E-state index in [-0.39, 0.29) is 12.4 Å². The van der Waals surface area contributed by atoms with E-state index in [1.54, 1.807) is 31.2 Å². The molecule has 0 amide bonds. The Labute approximate surface area is 125 Å². The summed E-state index contributed by atoms with van der Waals surface area (Å²) >= 11 is 1.22. The normalized spacial score (nSPS) is 10.2. The van der Waals surface area contributed by atoms with E-state index in [9.17, 15) is 14.0 Å². The smallest absolute Gasteiger partial charge is 0.348 e. The second-order valence-corrected chi connectivity index (χ2v) is 5.14. The van der Waals surface area contributed by atoms with E-state index in [1.807, 2.05) is 0 Å². The maximum absolute atomic E-state index is 12.9. The maximum atomic E-state index is 12.9. The van der Waals surface area contributed by atoms with Gasteiger partial charge in [0, 0.05) is 4.88 Å². The van der Waals surface area contributed by atoms with Crippen LogP contribution >= 0.6 is 11.3 Å². The number of halogens is 1. The summed E-state index contributed by atoms with van der Waals surface area (Å²) < 4.78 is 22.4. The van der Waals surface area contributed by atoms with E-state index in [0.29, 0.717) is 4.88 Å². The molecule has 2 aromatic rings. The van der Waals surface area contributed by atoms with Crippen molar-refractivity contribution in [3.63, 3.8) is 0 Å². The summed E-state index contributed by atoms with van der Waals surface area (Å²) in [4.78, 5) is 24.1. The molecule has 0 saturated carbocycles. The van der Waals surface area contributed by atoms with Crippen molar-refractivity contribution in [2.75, 3.05) is 13.2 Å².